The summed E-state index contributed by atoms with van der Waals surface area (Å²) in [6.45, 7) is 49.2. The van der Waals surface area contributed by atoms with Gasteiger partial charge in [0.1, 0.15) is 46.6 Å². The van der Waals surface area contributed by atoms with Crippen molar-refractivity contribution in [3.8, 4) is 22.5 Å². The van der Waals surface area contributed by atoms with E-state index in [1.165, 1.54) is 28.2 Å². The maximum Gasteiger partial charge on any atom is 0.255 e. The van der Waals surface area contributed by atoms with Gasteiger partial charge in [-0.05, 0) is 114 Å². The Kier molecular flexibility index (Phi) is 33.1. The Morgan fingerprint density at radius 3 is 1.64 bits per heavy atom. The Bertz CT molecular complexity index is 3560. The molecule has 0 unspecified atom stereocenters. The molecule has 0 fully saturated rings. The van der Waals surface area contributed by atoms with Crippen molar-refractivity contribution < 1.29 is 18.0 Å². The second kappa shape index (κ2) is 38.9. The summed E-state index contributed by atoms with van der Waals surface area (Å²) in [5.74, 6) is 9.38. The summed E-state index contributed by atoms with van der Waals surface area (Å²) in [4.78, 5) is 14.4. The highest BCUT2D eigenvalue weighted by Gasteiger charge is 2.20. The Balaban J connectivity index is 0.000000275. The van der Waals surface area contributed by atoms with Crippen LogP contribution < -0.4 is 0 Å². The monoisotopic (exact) mass is 1280 g/mol. The van der Waals surface area contributed by atoms with Crippen molar-refractivity contribution in [2.75, 3.05) is 14.1 Å². The molecular weight excluding hydrogens is 1180 g/mol. The third-order valence-corrected chi connectivity index (χ3v) is 15.4. The van der Waals surface area contributed by atoms with Gasteiger partial charge in [-0.3, -0.25) is 14.5 Å². The second-order valence-corrected chi connectivity index (χ2v) is 26.1. The Hall–Kier alpha value is -7.70. The summed E-state index contributed by atoms with van der Waals surface area (Å²) in [5.41, 5.74) is 13.2. The molecule has 2 aromatic carbocycles. The summed E-state index contributed by atoms with van der Waals surface area (Å²) in [5, 5.41) is 31.1. The first-order chi connectivity index (χ1) is 42.9. The molecule has 0 radical (unpaired) electrons. The molecule has 0 amide bonds. The topological polar surface area (TPSA) is 197 Å². The second-order valence-electron chi connectivity index (χ2n) is 24.8. The molecule has 0 bridgehead atoms. The van der Waals surface area contributed by atoms with Crippen molar-refractivity contribution in [3.63, 3.8) is 0 Å². The van der Waals surface area contributed by atoms with Crippen LogP contribution in [0.3, 0.4) is 0 Å². The fourth-order valence-electron chi connectivity index (χ4n) is 9.25. The number of rotatable bonds is 13. The molecule has 19 heteroatoms. The minimum atomic E-state index is 0.373. The molecule has 0 aliphatic carbocycles. The van der Waals surface area contributed by atoms with Crippen molar-refractivity contribution in [2.45, 2.75) is 213 Å². The molecular formula is C72H106ClN13O4S. The smallest absolute Gasteiger partial charge is 0.255 e. The summed E-state index contributed by atoms with van der Waals surface area (Å²) >= 11 is 7.91. The zero-order valence-electron chi connectivity index (χ0n) is 59.4. The lowest BCUT2D eigenvalue weighted by molar-refractivity contribution is 0.397. The quantitative estimate of drug-likeness (QED) is 0.0846. The maximum absolute atomic E-state index is 6.16. The average molecular weight is 1290 g/mol. The van der Waals surface area contributed by atoms with Crippen molar-refractivity contribution >= 4 is 35.2 Å². The zero-order chi connectivity index (χ0) is 68.2. The number of furan rings is 1. The van der Waals surface area contributed by atoms with Gasteiger partial charge >= 0.3 is 0 Å². The molecule has 0 saturated heterocycles. The number of hydrogen-bond donors (Lipinski definition) is 1. The Labute approximate surface area is 552 Å². The fourth-order valence-corrected chi connectivity index (χ4v) is 10.3. The molecule has 0 aliphatic rings. The first-order valence-electron chi connectivity index (χ1n) is 31.6. The molecule has 496 valence electrons. The third-order valence-electron chi connectivity index (χ3n) is 13.8. The van der Waals surface area contributed by atoms with E-state index >= 15 is 0 Å². The molecule has 91 heavy (non-hydrogen) atoms. The molecule has 1 N–H and O–H groups in total. The van der Waals surface area contributed by atoms with Gasteiger partial charge in [0.05, 0.1) is 27.8 Å². The number of H-pyrrole nitrogens is 1. The predicted octanol–water partition coefficient (Wildman–Crippen LogP) is 20.6. The number of hydrogen-bond acceptors (Lipinski definition) is 14. The van der Waals surface area contributed by atoms with Crippen LogP contribution in [-0.4, -0.2) is 80.5 Å². The van der Waals surface area contributed by atoms with Gasteiger partial charge in [-0.25, -0.2) is 15.0 Å². The van der Waals surface area contributed by atoms with Gasteiger partial charge in [-0.1, -0.05) is 186 Å². The number of benzene rings is 2. The van der Waals surface area contributed by atoms with Crippen LogP contribution in [0.4, 0.5) is 5.88 Å². The minimum absolute atomic E-state index is 0.373. The molecule has 10 rings (SSSR count). The molecule has 0 spiro atoms. The zero-order valence-corrected chi connectivity index (χ0v) is 61.0. The number of halogens is 1. The first-order valence-corrected chi connectivity index (χ1v) is 32.9. The van der Waals surface area contributed by atoms with Crippen LogP contribution in [-0.2, 0) is 13.6 Å². The van der Waals surface area contributed by atoms with Crippen molar-refractivity contribution in [1.29, 1.82) is 0 Å². The van der Waals surface area contributed by atoms with E-state index in [1.54, 1.807) is 17.7 Å². The van der Waals surface area contributed by atoms with E-state index in [4.69, 9.17) is 29.6 Å². The Morgan fingerprint density at radius 1 is 0.648 bits per heavy atom. The average Bonchev–Trinajstić information content (AvgIpc) is 2.06. The van der Waals surface area contributed by atoms with Crippen LogP contribution in [0, 0.1) is 41.5 Å². The molecule has 8 heterocycles. The van der Waals surface area contributed by atoms with Gasteiger partial charge < -0.3 is 22.9 Å². The largest absolute Gasteiger partial charge is 0.466 e. The lowest BCUT2D eigenvalue weighted by Gasteiger charge is -2.06. The van der Waals surface area contributed by atoms with Crippen molar-refractivity contribution in [2.24, 2.45) is 12.0 Å². The molecule has 8 aromatic heterocycles. The predicted molar refractivity (Wildman–Crippen MR) is 377 cm³/mol. The number of nitrogens with one attached hydrogen (secondary N) is 1. The van der Waals surface area contributed by atoms with Crippen LogP contribution >= 0.6 is 22.9 Å². The first kappa shape index (κ1) is 77.5. The highest BCUT2D eigenvalue weighted by molar-refractivity contribution is 7.09. The highest BCUT2D eigenvalue weighted by Crippen LogP contribution is 2.35. The van der Waals surface area contributed by atoms with E-state index in [0.717, 1.165) is 86.1 Å². The normalized spacial score (nSPS) is 10.9. The molecule has 17 nitrogen and oxygen atoms in total. The summed E-state index contributed by atoms with van der Waals surface area (Å²) in [6.07, 6.45) is 7.06. The number of aliphatic imine (C=N–C) groups is 1. The number of nitrogens with zero attached hydrogens (tertiary/aromatic N) is 12. The van der Waals surface area contributed by atoms with E-state index in [2.05, 4.69) is 198 Å². The lowest BCUT2D eigenvalue weighted by atomic mass is 9.97. The van der Waals surface area contributed by atoms with Crippen LogP contribution in [0.5, 0.6) is 0 Å². The lowest BCUT2D eigenvalue weighted by Crippen LogP contribution is -2.07. The van der Waals surface area contributed by atoms with E-state index in [1.807, 2.05) is 138 Å². The van der Waals surface area contributed by atoms with Gasteiger partial charge in [0, 0.05) is 96.5 Å². The number of thiazole rings is 1. The van der Waals surface area contributed by atoms with Gasteiger partial charge in [0.15, 0.2) is 0 Å². The molecule has 0 atom stereocenters. The highest BCUT2D eigenvalue weighted by atomic mass is 35.5. The van der Waals surface area contributed by atoms with E-state index in [-0.39, 0.29) is 0 Å². The number of aromatic amines is 1. The number of aromatic nitrogens is 11. The van der Waals surface area contributed by atoms with Gasteiger partial charge in [-0.15, -0.1) is 11.3 Å². The SMILES string of the molecule is CC(C)c1ccn(C)n1.CC(C)c1ncn[nH]1.CCn1nccc1C(C)C.Cc1cc(C(C)C)c(C)o1.Cc1csc(C(C)C)n1.Cc1noc(N=CN(C)C)c1C(C)C.Cc1onc(-c2ccccc2)c1C(C)C.Cc1onc(-c2ccccc2Cl)c1C(C)C. The van der Waals surface area contributed by atoms with E-state index in [0.29, 0.717) is 58.3 Å². The minimum Gasteiger partial charge on any atom is -0.466 e. The third kappa shape index (κ3) is 25.5. The molecule has 0 saturated carbocycles. The van der Waals surface area contributed by atoms with Crippen LogP contribution in [0.25, 0.3) is 22.5 Å². The summed E-state index contributed by atoms with van der Waals surface area (Å²) in [6, 6.07) is 24.1. The van der Waals surface area contributed by atoms with Crippen molar-refractivity contribution in [3.05, 3.63) is 181 Å². The summed E-state index contributed by atoms with van der Waals surface area (Å²) in [7, 11) is 5.77. The van der Waals surface area contributed by atoms with Gasteiger partial charge in [-0.2, -0.15) is 15.3 Å². The van der Waals surface area contributed by atoms with Crippen LogP contribution in [0.15, 0.2) is 120 Å². The molecule has 0 aliphatic heterocycles. The van der Waals surface area contributed by atoms with Crippen molar-refractivity contribution in [1.82, 2.24) is 60.1 Å². The van der Waals surface area contributed by atoms with E-state index in [9.17, 15) is 0 Å². The maximum atomic E-state index is 6.16. The van der Waals surface area contributed by atoms with Crippen LogP contribution in [0.1, 0.15) is 244 Å². The number of aryl methyl sites for hydroxylation is 8. The summed E-state index contributed by atoms with van der Waals surface area (Å²) < 4.78 is 24.9. The van der Waals surface area contributed by atoms with Gasteiger partial charge in [0.25, 0.3) is 5.88 Å². The standard InChI is InChI=1S/C13H14ClNO.C13H15NO.C10H17N3O.C9H14O.C8H14N2.C7H12N2.C7H11NS.C5H9N3/c1-8(2)12-9(3)16-15-13(12)10-6-4-5-7-11(10)14;1-9(2)12-10(3)15-14-13(12)11-7-5-4-6-8-11;1-7(2)9-8(3)12-14-10(9)11-6-13(4)5;1-6(2)9-5-7(3)10-8(9)4;1-4-10-8(7(2)3)5-6-9-10;1-6(2)7-4-5-9(3)8-7;1-5(2)7-8-6(3)4-9-7;1-4(2)5-6-3-7-8-5/h4-8H,1-3H3;4-9H,1-3H3;6-7H,1-5H3;5-6H,1-4H3;5-7H,4H2,1-3H3;4-6H,1-3H3;4-5H,1-3H3;3-4H,1-2H3,(H,6,7,8). The van der Waals surface area contributed by atoms with Crippen LogP contribution in [0.2, 0.25) is 5.02 Å². The van der Waals surface area contributed by atoms with E-state index < -0.39 is 0 Å². The van der Waals surface area contributed by atoms with Gasteiger partial charge in [0.2, 0.25) is 0 Å². The fraction of sp³-hybridized carbons (Fsp3) is 0.486. The molecule has 10 aromatic rings. The Morgan fingerprint density at radius 2 is 1.24 bits per heavy atom.